The molecule has 19 heavy (non-hydrogen) atoms. The molecule has 0 bridgehead atoms. The number of rotatable bonds is 2. The number of hydrogen-bond donors (Lipinski definition) is 0. The van der Waals surface area contributed by atoms with Gasteiger partial charge in [0.25, 0.3) is 0 Å². The predicted molar refractivity (Wildman–Crippen MR) is 83.0 cm³/mol. The predicted octanol–water partition coefficient (Wildman–Crippen LogP) is 3.72. The number of morpholine rings is 1. The number of hydrogen-bond acceptors (Lipinski definition) is 4. The normalized spacial score (nSPS) is 15.8. The second-order valence-corrected chi connectivity index (χ2v) is 6.52. The van der Waals surface area contributed by atoms with Crippen molar-refractivity contribution in [3.63, 3.8) is 0 Å². The molecule has 2 heterocycles. The van der Waals surface area contributed by atoms with Crippen LogP contribution in [0, 0.1) is 6.92 Å². The van der Waals surface area contributed by atoms with Gasteiger partial charge in [-0.3, -0.25) is 0 Å². The molecule has 0 saturated carbocycles. The van der Waals surface area contributed by atoms with Crippen molar-refractivity contribution in [1.82, 2.24) is 4.98 Å². The van der Waals surface area contributed by atoms with Crippen molar-refractivity contribution in [2.45, 2.75) is 6.92 Å². The number of anilines is 1. The third-order valence-electron chi connectivity index (χ3n) is 3.20. The Bertz CT molecular complexity index is 579. The highest BCUT2D eigenvalue weighted by Crippen LogP contribution is 2.35. The van der Waals surface area contributed by atoms with Crippen LogP contribution in [0.5, 0.6) is 0 Å². The van der Waals surface area contributed by atoms with Crippen LogP contribution in [-0.4, -0.2) is 31.3 Å². The standard InChI is InChI=1S/C14H15BrN2OS/c1-10-13(11-4-2-3-5-12(11)15)16-14(19-10)17-6-8-18-9-7-17/h2-5H,6-9H2,1H3. The molecule has 0 spiro atoms. The first kappa shape index (κ1) is 13.1. The number of aromatic nitrogens is 1. The zero-order valence-electron chi connectivity index (χ0n) is 10.7. The van der Waals surface area contributed by atoms with E-state index in [1.807, 2.05) is 12.1 Å². The summed E-state index contributed by atoms with van der Waals surface area (Å²) in [6.45, 7) is 5.59. The third kappa shape index (κ3) is 2.68. The molecule has 3 nitrogen and oxygen atoms in total. The highest BCUT2D eigenvalue weighted by atomic mass is 79.9. The quantitative estimate of drug-likeness (QED) is 0.834. The van der Waals surface area contributed by atoms with Gasteiger partial charge in [0.2, 0.25) is 0 Å². The number of aryl methyl sites for hydroxylation is 1. The summed E-state index contributed by atoms with van der Waals surface area (Å²) < 4.78 is 6.48. The largest absolute Gasteiger partial charge is 0.378 e. The van der Waals surface area contributed by atoms with Crippen LogP contribution < -0.4 is 4.90 Å². The Hall–Kier alpha value is -0.910. The molecule has 0 radical (unpaired) electrons. The highest BCUT2D eigenvalue weighted by Gasteiger charge is 2.18. The van der Waals surface area contributed by atoms with Gasteiger partial charge in [0.15, 0.2) is 5.13 Å². The summed E-state index contributed by atoms with van der Waals surface area (Å²) in [5.74, 6) is 0. The van der Waals surface area contributed by atoms with Crippen molar-refractivity contribution in [2.75, 3.05) is 31.2 Å². The van der Waals surface area contributed by atoms with Crippen molar-refractivity contribution in [3.05, 3.63) is 33.6 Å². The molecule has 0 unspecified atom stereocenters. The fraction of sp³-hybridized carbons (Fsp3) is 0.357. The second kappa shape index (κ2) is 5.61. The molecular formula is C14H15BrN2OS. The average Bonchev–Trinajstić information content (AvgIpc) is 2.82. The van der Waals surface area contributed by atoms with Gasteiger partial charge < -0.3 is 9.64 Å². The molecule has 0 amide bonds. The maximum Gasteiger partial charge on any atom is 0.186 e. The summed E-state index contributed by atoms with van der Waals surface area (Å²) in [5, 5.41) is 1.10. The first-order valence-electron chi connectivity index (χ1n) is 6.31. The molecule has 1 aromatic carbocycles. The molecule has 1 saturated heterocycles. The van der Waals surface area contributed by atoms with Crippen molar-refractivity contribution in [1.29, 1.82) is 0 Å². The van der Waals surface area contributed by atoms with Gasteiger partial charge in [0.1, 0.15) is 0 Å². The van der Waals surface area contributed by atoms with Crippen LogP contribution >= 0.6 is 27.3 Å². The Balaban J connectivity index is 1.95. The Kier molecular flexibility index (Phi) is 3.86. The minimum absolute atomic E-state index is 0.795. The Morgan fingerprint density at radius 2 is 2.00 bits per heavy atom. The molecule has 0 aliphatic carbocycles. The Morgan fingerprint density at radius 1 is 1.26 bits per heavy atom. The van der Waals surface area contributed by atoms with Crippen LogP contribution in [-0.2, 0) is 4.74 Å². The summed E-state index contributed by atoms with van der Waals surface area (Å²) in [6, 6.07) is 8.24. The van der Waals surface area contributed by atoms with Crippen molar-refractivity contribution >= 4 is 32.4 Å². The van der Waals surface area contributed by atoms with Gasteiger partial charge >= 0.3 is 0 Å². The highest BCUT2D eigenvalue weighted by molar-refractivity contribution is 9.10. The van der Waals surface area contributed by atoms with Crippen molar-refractivity contribution in [2.24, 2.45) is 0 Å². The first-order valence-corrected chi connectivity index (χ1v) is 7.91. The van der Waals surface area contributed by atoms with Crippen LogP contribution in [0.2, 0.25) is 0 Å². The van der Waals surface area contributed by atoms with E-state index in [0.717, 1.165) is 47.2 Å². The van der Waals surface area contributed by atoms with Gasteiger partial charge in [-0.15, -0.1) is 11.3 Å². The minimum Gasteiger partial charge on any atom is -0.378 e. The summed E-state index contributed by atoms with van der Waals surface area (Å²) in [5.41, 5.74) is 2.25. The van der Waals surface area contributed by atoms with Crippen molar-refractivity contribution in [3.8, 4) is 11.3 Å². The maximum absolute atomic E-state index is 5.39. The van der Waals surface area contributed by atoms with Gasteiger partial charge in [0.05, 0.1) is 18.9 Å². The third-order valence-corrected chi connectivity index (χ3v) is 4.92. The van der Waals surface area contributed by atoms with E-state index >= 15 is 0 Å². The maximum atomic E-state index is 5.39. The Morgan fingerprint density at radius 3 is 2.74 bits per heavy atom. The van der Waals surface area contributed by atoms with Crippen molar-refractivity contribution < 1.29 is 4.74 Å². The lowest BCUT2D eigenvalue weighted by molar-refractivity contribution is 0.122. The zero-order chi connectivity index (χ0) is 13.2. The molecule has 100 valence electrons. The summed E-state index contributed by atoms with van der Waals surface area (Å²) in [4.78, 5) is 8.39. The molecule has 2 aromatic rings. The van der Waals surface area contributed by atoms with Gasteiger partial charge in [-0.1, -0.05) is 34.1 Å². The fourth-order valence-corrected chi connectivity index (χ4v) is 3.62. The monoisotopic (exact) mass is 338 g/mol. The molecule has 0 atom stereocenters. The molecule has 5 heteroatoms. The Labute approximate surface area is 125 Å². The van der Waals surface area contributed by atoms with Gasteiger partial charge in [-0.2, -0.15) is 0 Å². The molecule has 1 fully saturated rings. The summed E-state index contributed by atoms with van der Waals surface area (Å²) in [7, 11) is 0. The number of nitrogens with zero attached hydrogens (tertiary/aromatic N) is 2. The van der Waals surface area contributed by atoms with Crippen LogP contribution in [0.3, 0.4) is 0 Å². The van der Waals surface area contributed by atoms with E-state index in [4.69, 9.17) is 9.72 Å². The SMILES string of the molecule is Cc1sc(N2CCOCC2)nc1-c1ccccc1Br. The van der Waals surface area contributed by atoms with E-state index < -0.39 is 0 Å². The smallest absolute Gasteiger partial charge is 0.186 e. The summed E-state index contributed by atoms with van der Waals surface area (Å²) in [6.07, 6.45) is 0. The minimum atomic E-state index is 0.795. The van der Waals surface area contributed by atoms with Gasteiger partial charge in [-0.25, -0.2) is 4.98 Å². The van der Waals surface area contributed by atoms with E-state index in [9.17, 15) is 0 Å². The van der Waals surface area contributed by atoms with E-state index in [1.165, 1.54) is 4.88 Å². The van der Waals surface area contributed by atoms with Gasteiger partial charge in [0, 0.05) is 28.0 Å². The van der Waals surface area contributed by atoms with Crippen LogP contribution in [0.15, 0.2) is 28.7 Å². The van der Waals surface area contributed by atoms with Gasteiger partial charge in [-0.05, 0) is 13.0 Å². The average molecular weight is 339 g/mol. The van der Waals surface area contributed by atoms with E-state index in [2.05, 4.69) is 39.9 Å². The molecule has 0 N–H and O–H groups in total. The number of benzene rings is 1. The fourth-order valence-electron chi connectivity index (χ4n) is 2.18. The van der Waals surface area contributed by atoms with Crippen LogP contribution in [0.25, 0.3) is 11.3 Å². The molecule has 3 rings (SSSR count). The van der Waals surface area contributed by atoms with Crippen LogP contribution in [0.4, 0.5) is 5.13 Å². The summed E-state index contributed by atoms with van der Waals surface area (Å²) >= 11 is 5.37. The lowest BCUT2D eigenvalue weighted by atomic mass is 10.1. The first-order chi connectivity index (χ1) is 9.25. The molecular weight excluding hydrogens is 324 g/mol. The van der Waals surface area contributed by atoms with E-state index in [0.29, 0.717) is 0 Å². The molecule has 1 aliphatic rings. The zero-order valence-corrected chi connectivity index (χ0v) is 13.1. The molecule has 1 aromatic heterocycles. The second-order valence-electron chi connectivity index (χ2n) is 4.48. The lowest BCUT2D eigenvalue weighted by Gasteiger charge is -2.26. The van der Waals surface area contributed by atoms with E-state index in [-0.39, 0.29) is 0 Å². The van der Waals surface area contributed by atoms with E-state index in [1.54, 1.807) is 11.3 Å². The molecule has 1 aliphatic heterocycles. The number of halogens is 1. The van der Waals surface area contributed by atoms with Crippen LogP contribution in [0.1, 0.15) is 4.88 Å². The number of ether oxygens (including phenoxy) is 1. The lowest BCUT2D eigenvalue weighted by Crippen LogP contribution is -2.36. The topological polar surface area (TPSA) is 25.4 Å². The number of thiazole rings is 1.